The predicted molar refractivity (Wildman–Crippen MR) is 59.4 cm³/mol. The van der Waals surface area contributed by atoms with Crippen molar-refractivity contribution < 1.29 is 9.53 Å². The number of rotatable bonds is 2. The molecule has 80 valence electrons. The van der Waals surface area contributed by atoms with Crippen LogP contribution in [-0.2, 0) is 9.53 Å². The third-order valence-corrected chi connectivity index (χ3v) is 2.74. The highest BCUT2D eigenvalue weighted by Gasteiger charge is 2.30. The van der Waals surface area contributed by atoms with E-state index in [1.165, 1.54) is 0 Å². The summed E-state index contributed by atoms with van der Waals surface area (Å²) in [7, 11) is 0. The Morgan fingerprint density at radius 3 is 2.93 bits per heavy atom. The highest BCUT2D eigenvalue weighted by atomic mass is 35.5. The zero-order valence-electron chi connectivity index (χ0n) is 8.16. The van der Waals surface area contributed by atoms with Crippen molar-refractivity contribution in [2.24, 2.45) is 0 Å². The molecule has 0 aromatic heterocycles. The largest absolute Gasteiger partial charge is 0.464 e. The standard InChI is InChI=1S/C9H14ClNO2S/c1-2-13-8(12)7-5-3-4-6-11(7)9(10)14/h7H,2-6H2,1H3. The van der Waals surface area contributed by atoms with E-state index in [4.69, 9.17) is 28.6 Å². The molecule has 0 aliphatic carbocycles. The van der Waals surface area contributed by atoms with Crippen LogP contribution in [-0.4, -0.2) is 34.5 Å². The molecular formula is C9H14ClNO2S. The van der Waals surface area contributed by atoms with Crippen LogP contribution in [0.2, 0.25) is 0 Å². The van der Waals surface area contributed by atoms with Crippen molar-refractivity contribution in [2.75, 3.05) is 13.2 Å². The molecule has 0 saturated carbocycles. The maximum Gasteiger partial charge on any atom is 0.328 e. The van der Waals surface area contributed by atoms with E-state index in [1.807, 2.05) is 0 Å². The maximum absolute atomic E-state index is 11.5. The molecule has 1 aliphatic heterocycles. The van der Waals surface area contributed by atoms with Gasteiger partial charge in [-0.25, -0.2) is 4.79 Å². The molecule has 1 heterocycles. The van der Waals surface area contributed by atoms with Gasteiger partial charge in [-0.2, -0.15) is 0 Å². The van der Waals surface area contributed by atoms with Crippen LogP contribution in [0.1, 0.15) is 26.2 Å². The van der Waals surface area contributed by atoms with Crippen molar-refractivity contribution in [2.45, 2.75) is 32.2 Å². The lowest BCUT2D eigenvalue weighted by Crippen LogP contribution is -2.46. The number of thiocarbonyl (C=S) groups is 1. The molecule has 14 heavy (non-hydrogen) atoms. The lowest BCUT2D eigenvalue weighted by atomic mass is 10.0. The maximum atomic E-state index is 11.5. The fourth-order valence-electron chi connectivity index (χ4n) is 1.63. The molecule has 3 nitrogen and oxygen atoms in total. The molecule has 0 amide bonds. The Labute approximate surface area is 94.3 Å². The van der Waals surface area contributed by atoms with Crippen LogP contribution in [0.4, 0.5) is 0 Å². The summed E-state index contributed by atoms with van der Waals surface area (Å²) in [6, 6.07) is -0.270. The normalized spacial score (nSPS) is 21.9. The third kappa shape index (κ3) is 2.82. The van der Waals surface area contributed by atoms with Crippen molar-refractivity contribution in [1.82, 2.24) is 4.90 Å². The fourth-order valence-corrected chi connectivity index (χ4v) is 2.05. The van der Waals surface area contributed by atoms with Gasteiger partial charge in [0.2, 0.25) is 0 Å². The zero-order chi connectivity index (χ0) is 10.6. The molecule has 0 bridgehead atoms. The molecule has 1 atom stereocenters. The van der Waals surface area contributed by atoms with Crippen LogP contribution in [0.25, 0.3) is 0 Å². The van der Waals surface area contributed by atoms with Gasteiger partial charge in [0.25, 0.3) is 0 Å². The van der Waals surface area contributed by atoms with Gasteiger partial charge in [-0.1, -0.05) is 11.6 Å². The van der Waals surface area contributed by atoms with E-state index in [1.54, 1.807) is 11.8 Å². The number of carbonyl (C=O) groups is 1. The molecular weight excluding hydrogens is 222 g/mol. The van der Waals surface area contributed by atoms with E-state index in [0.29, 0.717) is 6.61 Å². The quantitative estimate of drug-likeness (QED) is 0.317. The summed E-state index contributed by atoms with van der Waals surface area (Å²) in [5.74, 6) is -0.213. The summed E-state index contributed by atoms with van der Waals surface area (Å²) in [6.45, 7) is 2.95. The van der Waals surface area contributed by atoms with E-state index in [-0.39, 0.29) is 16.5 Å². The van der Waals surface area contributed by atoms with Crippen LogP contribution in [0.3, 0.4) is 0 Å². The van der Waals surface area contributed by atoms with Crippen LogP contribution >= 0.6 is 23.8 Å². The minimum Gasteiger partial charge on any atom is -0.464 e. The first-order valence-corrected chi connectivity index (χ1v) is 5.58. The number of hydrogen-bond acceptors (Lipinski definition) is 3. The average molecular weight is 236 g/mol. The fraction of sp³-hybridized carbons (Fsp3) is 0.778. The first-order valence-electron chi connectivity index (χ1n) is 4.79. The van der Waals surface area contributed by atoms with Gasteiger partial charge >= 0.3 is 5.97 Å². The highest BCUT2D eigenvalue weighted by molar-refractivity contribution is 7.83. The Kier molecular flexibility index (Phi) is 4.62. The second kappa shape index (κ2) is 5.51. The number of halogens is 1. The topological polar surface area (TPSA) is 29.5 Å². The molecule has 0 aromatic carbocycles. The lowest BCUT2D eigenvalue weighted by molar-refractivity contribution is -0.148. The third-order valence-electron chi connectivity index (χ3n) is 2.29. The minimum absolute atomic E-state index is 0.213. The number of hydrogen-bond donors (Lipinski definition) is 0. The summed E-state index contributed by atoms with van der Waals surface area (Å²) in [5, 5.41) is 0. The molecule has 0 radical (unpaired) electrons. The summed E-state index contributed by atoms with van der Waals surface area (Å²) >= 11 is 10.6. The Morgan fingerprint density at radius 1 is 1.64 bits per heavy atom. The second-order valence-electron chi connectivity index (χ2n) is 3.21. The van der Waals surface area contributed by atoms with Gasteiger partial charge in [0.05, 0.1) is 6.61 Å². The van der Waals surface area contributed by atoms with Gasteiger partial charge in [-0.3, -0.25) is 0 Å². The SMILES string of the molecule is CCOC(=O)C1CCCCN1C(=S)Cl. The van der Waals surface area contributed by atoms with Gasteiger partial charge in [-0.05, 0) is 38.4 Å². The molecule has 5 heteroatoms. The number of carbonyl (C=O) groups excluding carboxylic acids is 1. The van der Waals surface area contributed by atoms with Crippen molar-refractivity contribution in [1.29, 1.82) is 0 Å². The average Bonchev–Trinajstić information content (AvgIpc) is 2.18. The minimum atomic E-state index is -0.270. The number of ether oxygens (including phenoxy) is 1. The molecule has 1 fully saturated rings. The summed E-state index contributed by atoms with van der Waals surface area (Å²) in [5.41, 5.74) is 0. The van der Waals surface area contributed by atoms with Crippen molar-refractivity contribution in [3.63, 3.8) is 0 Å². The number of nitrogens with zero attached hydrogens (tertiary/aromatic N) is 1. The lowest BCUT2D eigenvalue weighted by Gasteiger charge is -2.33. The van der Waals surface area contributed by atoms with Crippen LogP contribution in [0.15, 0.2) is 0 Å². The Morgan fingerprint density at radius 2 is 2.36 bits per heavy atom. The first-order chi connectivity index (χ1) is 6.66. The Bertz CT molecular complexity index is 235. The van der Waals surface area contributed by atoms with Crippen LogP contribution in [0.5, 0.6) is 0 Å². The zero-order valence-corrected chi connectivity index (χ0v) is 9.74. The van der Waals surface area contributed by atoms with Gasteiger partial charge in [-0.15, -0.1) is 0 Å². The van der Waals surface area contributed by atoms with Gasteiger partial charge in [0, 0.05) is 6.54 Å². The van der Waals surface area contributed by atoms with E-state index >= 15 is 0 Å². The van der Waals surface area contributed by atoms with E-state index in [9.17, 15) is 4.79 Å². The molecule has 0 N–H and O–H groups in total. The van der Waals surface area contributed by atoms with E-state index < -0.39 is 0 Å². The van der Waals surface area contributed by atoms with Crippen molar-refractivity contribution in [3.05, 3.63) is 0 Å². The molecule has 1 rings (SSSR count). The Balaban J connectivity index is 2.62. The van der Waals surface area contributed by atoms with E-state index in [2.05, 4.69) is 0 Å². The number of likely N-dealkylation sites (tertiary alicyclic amines) is 1. The smallest absolute Gasteiger partial charge is 0.328 e. The monoisotopic (exact) mass is 235 g/mol. The summed E-state index contributed by atoms with van der Waals surface area (Å²) in [4.78, 5) is 13.3. The molecule has 0 spiro atoms. The molecule has 1 aliphatic rings. The molecule has 0 aromatic rings. The summed E-state index contributed by atoms with van der Waals surface area (Å²) < 4.78 is 5.23. The first kappa shape index (κ1) is 11.7. The molecule has 1 saturated heterocycles. The van der Waals surface area contributed by atoms with Crippen LogP contribution in [0, 0.1) is 0 Å². The predicted octanol–water partition coefficient (Wildman–Crippen LogP) is 1.93. The molecule has 1 unspecified atom stereocenters. The van der Waals surface area contributed by atoms with Crippen molar-refractivity contribution in [3.8, 4) is 0 Å². The van der Waals surface area contributed by atoms with Crippen molar-refractivity contribution >= 4 is 34.2 Å². The van der Waals surface area contributed by atoms with E-state index in [0.717, 1.165) is 25.8 Å². The number of esters is 1. The second-order valence-corrected chi connectivity index (χ2v) is 4.18. The number of piperidine rings is 1. The Hall–Kier alpha value is -0.350. The van der Waals surface area contributed by atoms with Gasteiger partial charge in [0.15, 0.2) is 4.45 Å². The van der Waals surface area contributed by atoms with Gasteiger partial charge < -0.3 is 9.64 Å². The van der Waals surface area contributed by atoms with Gasteiger partial charge in [0.1, 0.15) is 6.04 Å². The van der Waals surface area contributed by atoms with Crippen LogP contribution < -0.4 is 0 Å². The summed E-state index contributed by atoms with van der Waals surface area (Å²) in [6.07, 6.45) is 2.84. The highest BCUT2D eigenvalue weighted by Crippen LogP contribution is 2.19.